The number of ether oxygens (including phenoxy) is 2. The Labute approximate surface area is 102 Å². The van der Waals surface area contributed by atoms with Gasteiger partial charge in [0.15, 0.2) is 5.79 Å². The lowest BCUT2D eigenvalue weighted by atomic mass is 10.0. The van der Waals surface area contributed by atoms with Crippen LogP contribution in [0.4, 0.5) is 13.2 Å². The van der Waals surface area contributed by atoms with Gasteiger partial charge < -0.3 is 14.6 Å². The Morgan fingerprint density at radius 1 is 1.44 bits per heavy atom. The Bertz CT molecular complexity index is 433. The van der Waals surface area contributed by atoms with E-state index in [1.54, 1.807) is 0 Å². The molecule has 1 aliphatic heterocycles. The van der Waals surface area contributed by atoms with E-state index in [0.29, 0.717) is 0 Å². The molecule has 18 heavy (non-hydrogen) atoms. The monoisotopic (exact) mass is 262 g/mol. The first-order valence-corrected chi connectivity index (χ1v) is 5.45. The summed E-state index contributed by atoms with van der Waals surface area (Å²) >= 11 is 0. The maximum absolute atomic E-state index is 12.6. The Hall–Kier alpha value is -1.11. The summed E-state index contributed by atoms with van der Waals surface area (Å²) in [5.74, 6) is -1.24. The van der Waals surface area contributed by atoms with Crippen molar-refractivity contribution in [3.05, 3.63) is 35.4 Å². The van der Waals surface area contributed by atoms with E-state index >= 15 is 0 Å². The van der Waals surface area contributed by atoms with Gasteiger partial charge in [-0.3, -0.25) is 0 Å². The molecule has 3 nitrogen and oxygen atoms in total. The molecule has 6 heteroatoms. The molecule has 1 aromatic rings. The summed E-state index contributed by atoms with van der Waals surface area (Å²) in [5, 5.41) is 8.94. The smallest absolute Gasteiger partial charge is 0.394 e. The van der Waals surface area contributed by atoms with Crippen LogP contribution in [0, 0.1) is 0 Å². The van der Waals surface area contributed by atoms with Crippen LogP contribution in [0.25, 0.3) is 0 Å². The van der Waals surface area contributed by atoms with Crippen molar-refractivity contribution < 1.29 is 27.8 Å². The number of rotatable bonds is 2. The van der Waals surface area contributed by atoms with Crippen molar-refractivity contribution in [3.8, 4) is 0 Å². The van der Waals surface area contributed by atoms with Crippen molar-refractivity contribution in [1.29, 1.82) is 0 Å². The topological polar surface area (TPSA) is 38.7 Å². The molecule has 2 atom stereocenters. The molecule has 0 aliphatic carbocycles. The molecule has 0 aromatic heterocycles. The summed E-state index contributed by atoms with van der Waals surface area (Å²) in [5.41, 5.74) is -0.464. The zero-order valence-electron chi connectivity index (χ0n) is 9.70. The molecule has 1 aliphatic rings. The van der Waals surface area contributed by atoms with Crippen molar-refractivity contribution in [2.75, 3.05) is 13.2 Å². The fraction of sp³-hybridized carbons (Fsp3) is 0.500. The molecule has 1 saturated heterocycles. The van der Waals surface area contributed by atoms with Gasteiger partial charge in [0.05, 0.1) is 18.8 Å². The van der Waals surface area contributed by atoms with E-state index in [9.17, 15) is 13.2 Å². The van der Waals surface area contributed by atoms with Crippen molar-refractivity contribution in [2.24, 2.45) is 0 Å². The minimum atomic E-state index is -4.40. The van der Waals surface area contributed by atoms with E-state index in [-0.39, 0.29) is 18.8 Å². The second kappa shape index (κ2) is 4.53. The third-order valence-corrected chi connectivity index (χ3v) is 2.85. The first-order valence-electron chi connectivity index (χ1n) is 5.45. The molecule has 1 fully saturated rings. The summed E-state index contributed by atoms with van der Waals surface area (Å²) in [7, 11) is 0. The van der Waals surface area contributed by atoms with Crippen LogP contribution >= 0.6 is 0 Å². The molecular formula is C12H13F3O3. The third kappa shape index (κ3) is 2.50. The quantitative estimate of drug-likeness (QED) is 0.888. The average Bonchev–Trinajstić information content (AvgIpc) is 2.72. The van der Waals surface area contributed by atoms with Gasteiger partial charge in [-0.1, -0.05) is 12.1 Å². The van der Waals surface area contributed by atoms with E-state index in [1.807, 2.05) is 0 Å². The minimum Gasteiger partial charge on any atom is -0.394 e. The molecule has 0 spiro atoms. The van der Waals surface area contributed by atoms with Gasteiger partial charge >= 0.3 is 6.18 Å². The normalized spacial score (nSPS) is 28.6. The van der Waals surface area contributed by atoms with Crippen LogP contribution in [0.1, 0.15) is 18.1 Å². The zero-order valence-corrected chi connectivity index (χ0v) is 9.70. The fourth-order valence-electron chi connectivity index (χ4n) is 1.86. The number of halogens is 3. The van der Waals surface area contributed by atoms with Crippen LogP contribution in [0.2, 0.25) is 0 Å². The van der Waals surface area contributed by atoms with Crippen molar-refractivity contribution in [2.45, 2.75) is 25.0 Å². The van der Waals surface area contributed by atoms with Gasteiger partial charge in [0.1, 0.15) is 6.10 Å². The lowest BCUT2D eigenvalue weighted by Crippen LogP contribution is -2.25. The molecule has 2 rings (SSSR count). The lowest BCUT2D eigenvalue weighted by molar-refractivity contribution is -0.166. The minimum absolute atomic E-state index is 0.156. The average molecular weight is 262 g/mol. The van der Waals surface area contributed by atoms with Gasteiger partial charge in [0.2, 0.25) is 0 Å². The SMILES string of the molecule is CC1(c2cccc(C(F)(F)F)c2)OCC(CO)O1. The Morgan fingerprint density at radius 3 is 2.72 bits per heavy atom. The maximum atomic E-state index is 12.6. The largest absolute Gasteiger partial charge is 0.416 e. The second-order valence-corrected chi connectivity index (χ2v) is 4.26. The van der Waals surface area contributed by atoms with Crippen LogP contribution in [-0.2, 0) is 21.4 Å². The molecule has 1 N–H and O–H groups in total. The summed E-state index contributed by atoms with van der Waals surface area (Å²) in [4.78, 5) is 0. The number of benzene rings is 1. The van der Waals surface area contributed by atoms with Gasteiger partial charge in [-0.25, -0.2) is 0 Å². The highest BCUT2D eigenvalue weighted by atomic mass is 19.4. The number of hydrogen-bond acceptors (Lipinski definition) is 3. The summed E-state index contributed by atoms with van der Waals surface area (Å²) in [6.07, 6.45) is -4.91. The summed E-state index contributed by atoms with van der Waals surface area (Å²) < 4.78 is 48.6. The molecule has 0 saturated carbocycles. The van der Waals surface area contributed by atoms with Crippen LogP contribution in [0.15, 0.2) is 24.3 Å². The number of aliphatic hydroxyl groups is 1. The molecule has 2 unspecified atom stereocenters. The van der Waals surface area contributed by atoms with E-state index in [2.05, 4.69) is 0 Å². The van der Waals surface area contributed by atoms with E-state index in [0.717, 1.165) is 12.1 Å². The summed E-state index contributed by atoms with van der Waals surface area (Å²) in [6, 6.07) is 4.81. The van der Waals surface area contributed by atoms with Crippen LogP contribution in [-0.4, -0.2) is 24.4 Å². The van der Waals surface area contributed by atoms with Gasteiger partial charge in [-0.15, -0.1) is 0 Å². The molecular weight excluding hydrogens is 249 g/mol. The molecule has 0 bridgehead atoms. The van der Waals surface area contributed by atoms with Crippen LogP contribution in [0.5, 0.6) is 0 Å². The predicted octanol–water partition coefficient (Wildman–Crippen LogP) is 2.29. The van der Waals surface area contributed by atoms with Crippen molar-refractivity contribution in [3.63, 3.8) is 0 Å². The highest BCUT2D eigenvalue weighted by molar-refractivity contribution is 5.29. The first kappa shape index (κ1) is 13.3. The lowest BCUT2D eigenvalue weighted by Gasteiger charge is -2.24. The van der Waals surface area contributed by atoms with Crippen LogP contribution in [0.3, 0.4) is 0 Å². The first-order chi connectivity index (χ1) is 8.35. The molecule has 0 radical (unpaired) electrons. The third-order valence-electron chi connectivity index (χ3n) is 2.85. The van der Waals surface area contributed by atoms with E-state index < -0.39 is 23.6 Å². The highest BCUT2D eigenvalue weighted by Crippen LogP contribution is 2.37. The fourth-order valence-corrected chi connectivity index (χ4v) is 1.86. The molecule has 1 aromatic carbocycles. The van der Waals surface area contributed by atoms with Gasteiger partial charge in [0, 0.05) is 5.56 Å². The van der Waals surface area contributed by atoms with Gasteiger partial charge in [-0.05, 0) is 19.1 Å². The number of alkyl halides is 3. The predicted molar refractivity (Wildman–Crippen MR) is 56.7 cm³/mol. The second-order valence-electron chi connectivity index (χ2n) is 4.26. The van der Waals surface area contributed by atoms with E-state index in [1.165, 1.54) is 19.1 Å². The Kier molecular flexibility index (Phi) is 3.35. The molecule has 0 amide bonds. The number of hydrogen-bond donors (Lipinski definition) is 1. The standard InChI is InChI=1S/C12H13F3O3/c1-11(17-7-10(6-16)18-11)8-3-2-4-9(5-8)12(13,14)15/h2-5,10,16H,6-7H2,1H3. The maximum Gasteiger partial charge on any atom is 0.416 e. The highest BCUT2D eigenvalue weighted by Gasteiger charge is 2.40. The van der Waals surface area contributed by atoms with Crippen LogP contribution < -0.4 is 0 Å². The van der Waals surface area contributed by atoms with E-state index in [4.69, 9.17) is 14.6 Å². The van der Waals surface area contributed by atoms with Crippen molar-refractivity contribution in [1.82, 2.24) is 0 Å². The molecule has 100 valence electrons. The van der Waals surface area contributed by atoms with Crippen molar-refractivity contribution >= 4 is 0 Å². The zero-order chi connectivity index (χ0) is 13.4. The Morgan fingerprint density at radius 2 is 2.17 bits per heavy atom. The van der Waals surface area contributed by atoms with Gasteiger partial charge in [0.25, 0.3) is 0 Å². The molecule has 1 heterocycles. The van der Waals surface area contributed by atoms with Gasteiger partial charge in [-0.2, -0.15) is 13.2 Å². The summed E-state index contributed by atoms with van der Waals surface area (Å²) in [6.45, 7) is 1.47. The number of aliphatic hydroxyl groups excluding tert-OH is 1. The Balaban J connectivity index is 2.29.